The Morgan fingerprint density at radius 1 is 0.956 bits per heavy atom. The van der Waals surface area contributed by atoms with Gasteiger partial charge < -0.3 is 31.1 Å². The number of para-hydroxylation sites is 1. The zero-order valence-corrected chi connectivity index (χ0v) is 25.3. The van der Waals surface area contributed by atoms with E-state index in [9.17, 15) is 28.7 Å². The van der Waals surface area contributed by atoms with E-state index < -0.39 is 41.8 Å². The van der Waals surface area contributed by atoms with E-state index >= 15 is 0 Å². The summed E-state index contributed by atoms with van der Waals surface area (Å²) in [5.41, 5.74) is 1.76. The van der Waals surface area contributed by atoms with Gasteiger partial charge in [-0.25, -0.2) is 4.39 Å². The van der Waals surface area contributed by atoms with Crippen molar-refractivity contribution in [2.24, 2.45) is 5.92 Å². The van der Waals surface area contributed by atoms with Crippen LogP contribution in [0.3, 0.4) is 0 Å². The number of amides is 4. The average Bonchev–Trinajstić information content (AvgIpc) is 3.02. The van der Waals surface area contributed by atoms with E-state index in [1.165, 1.54) is 24.3 Å². The molecule has 5 N–H and O–H groups in total. The molecule has 0 saturated heterocycles. The standard InChI is InChI=1S/C34H39FN4O6/c1-21(2)29-20-45-30-6-4-3-5-26(30)32(42)38-27(33(43)36-18-17-22-7-11-24(35)12-8-22)15-16-31(41)37-28(34(44)39-29)19-23-9-13-25(40)14-10-23/h3-14,21,27-29,40H,15-20H2,1-2H3,(H,36,43)(H,37,41)(H,38,42)(H,39,44)/t27-,28-,29-/m0/s1. The first-order valence-corrected chi connectivity index (χ1v) is 15.0. The molecule has 10 nitrogen and oxygen atoms in total. The first kappa shape index (κ1) is 33.0. The zero-order valence-electron chi connectivity index (χ0n) is 25.3. The van der Waals surface area contributed by atoms with Gasteiger partial charge in [0.05, 0.1) is 11.6 Å². The second kappa shape index (κ2) is 15.7. The van der Waals surface area contributed by atoms with Gasteiger partial charge in [0.25, 0.3) is 5.91 Å². The quantitative estimate of drug-likeness (QED) is 0.275. The minimum Gasteiger partial charge on any atom is -0.508 e. The number of benzene rings is 3. The van der Waals surface area contributed by atoms with Crippen molar-refractivity contribution in [2.45, 2.75) is 57.7 Å². The third-order valence-electron chi connectivity index (χ3n) is 7.62. The Labute approximate surface area is 261 Å². The van der Waals surface area contributed by atoms with E-state index in [1.54, 1.807) is 48.5 Å². The minimum atomic E-state index is -1.07. The molecule has 4 amide bonds. The summed E-state index contributed by atoms with van der Waals surface area (Å²) in [5, 5.41) is 21.0. The Balaban J connectivity index is 1.56. The monoisotopic (exact) mass is 618 g/mol. The Bertz CT molecular complexity index is 1480. The molecule has 1 heterocycles. The zero-order chi connectivity index (χ0) is 32.3. The van der Waals surface area contributed by atoms with E-state index in [4.69, 9.17) is 4.74 Å². The maximum absolute atomic E-state index is 13.5. The molecule has 1 aliphatic heterocycles. The van der Waals surface area contributed by atoms with Crippen molar-refractivity contribution >= 4 is 23.6 Å². The maximum Gasteiger partial charge on any atom is 0.255 e. The minimum absolute atomic E-state index is 0.0366. The number of aromatic hydroxyl groups is 1. The molecular weight excluding hydrogens is 579 g/mol. The number of nitrogens with one attached hydrogen (secondary N) is 4. The number of carbonyl (C=O) groups is 4. The van der Waals surface area contributed by atoms with Crippen LogP contribution in [-0.4, -0.2) is 60.0 Å². The van der Waals surface area contributed by atoms with Crippen LogP contribution in [-0.2, 0) is 27.2 Å². The summed E-state index contributed by atoms with van der Waals surface area (Å²) in [6.07, 6.45) is 0.415. The van der Waals surface area contributed by atoms with Crippen LogP contribution < -0.4 is 26.0 Å². The van der Waals surface area contributed by atoms with Crippen molar-refractivity contribution in [3.8, 4) is 11.5 Å². The molecule has 4 rings (SSSR count). The number of rotatable bonds is 7. The van der Waals surface area contributed by atoms with E-state index in [0.717, 1.165) is 11.1 Å². The molecule has 0 bridgehead atoms. The van der Waals surface area contributed by atoms with Crippen molar-refractivity contribution in [1.82, 2.24) is 21.3 Å². The molecule has 0 saturated carbocycles. The summed E-state index contributed by atoms with van der Waals surface area (Å²) in [4.78, 5) is 53.4. The van der Waals surface area contributed by atoms with Crippen LogP contribution in [0.4, 0.5) is 4.39 Å². The van der Waals surface area contributed by atoms with Crippen molar-refractivity contribution in [3.05, 3.63) is 95.3 Å². The predicted molar refractivity (Wildman–Crippen MR) is 166 cm³/mol. The molecule has 238 valence electrons. The highest BCUT2D eigenvalue weighted by Gasteiger charge is 2.29. The van der Waals surface area contributed by atoms with Crippen LogP contribution in [0, 0.1) is 11.7 Å². The summed E-state index contributed by atoms with van der Waals surface area (Å²) in [7, 11) is 0. The lowest BCUT2D eigenvalue weighted by Gasteiger charge is -2.26. The highest BCUT2D eigenvalue weighted by atomic mass is 19.1. The molecule has 3 aromatic rings. The number of fused-ring (bicyclic) bond motifs is 1. The van der Waals surface area contributed by atoms with Crippen LogP contribution in [0.2, 0.25) is 0 Å². The summed E-state index contributed by atoms with van der Waals surface area (Å²) in [5.74, 6) is -1.95. The van der Waals surface area contributed by atoms with Crippen molar-refractivity contribution < 1.29 is 33.4 Å². The molecule has 1 aliphatic rings. The van der Waals surface area contributed by atoms with Crippen LogP contribution >= 0.6 is 0 Å². The highest BCUT2D eigenvalue weighted by molar-refractivity contribution is 5.99. The third-order valence-corrected chi connectivity index (χ3v) is 7.62. The fourth-order valence-corrected chi connectivity index (χ4v) is 4.87. The number of carbonyl (C=O) groups excluding carboxylic acids is 4. The molecule has 3 atom stereocenters. The summed E-state index contributed by atoms with van der Waals surface area (Å²) in [6, 6.07) is 16.5. The largest absolute Gasteiger partial charge is 0.508 e. The van der Waals surface area contributed by atoms with Gasteiger partial charge in [-0.3, -0.25) is 19.2 Å². The van der Waals surface area contributed by atoms with Crippen molar-refractivity contribution in [2.75, 3.05) is 13.2 Å². The van der Waals surface area contributed by atoms with Gasteiger partial charge in [-0.2, -0.15) is 0 Å². The van der Waals surface area contributed by atoms with Gasteiger partial charge in [-0.15, -0.1) is 0 Å². The fraction of sp³-hybridized carbons (Fsp3) is 0.353. The van der Waals surface area contributed by atoms with Gasteiger partial charge in [0, 0.05) is 19.4 Å². The predicted octanol–water partition coefficient (Wildman–Crippen LogP) is 3.03. The summed E-state index contributed by atoms with van der Waals surface area (Å²) in [6.45, 7) is 4.14. The van der Waals surface area contributed by atoms with Crippen molar-refractivity contribution in [1.29, 1.82) is 0 Å². The Kier molecular flexibility index (Phi) is 11.5. The first-order valence-electron chi connectivity index (χ1n) is 15.0. The van der Waals surface area contributed by atoms with Gasteiger partial charge in [0.2, 0.25) is 17.7 Å². The van der Waals surface area contributed by atoms with E-state index in [1.807, 2.05) is 13.8 Å². The Hall–Kier alpha value is -4.93. The maximum atomic E-state index is 13.5. The number of phenolic OH excluding ortho intramolecular Hbond substituents is 1. The topological polar surface area (TPSA) is 146 Å². The molecule has 0 aromatic heterocycles. The van der Waals surface area contributed by atoms with E-state index in [-0.39, 0.29) is 61.2 Å². The van der Waals surface area contributed by atoms with Crippen LogP contribution in [0.15, 0.2) is 72.8 Å². The Morgan fingerprint density at radius 3 is 2.36 bits per heavy atom. The number of ether oxygens (including phenoxy) is 1. The molecular formula is C34H39FN4O6. The fourth-order valence-electron chi connectivity index (χ4n) is 4.87. The second-order valence-electron chi connectivity index (χ2n) is 11.4. The molecule has 0 spiro atoms. The number of phenols is 1. The number of hydrogen-bond acceptors (Lipinski definition) is 6. The third kappa shape index (κ3) is 9.79. The van der Waals surface area contributed by atoms with Gasteiger partial charge >= 0.3 is 0 Å². The molecule has 11 heteroatoms. The van der Waals surface area contributed by atoms with E-state index in [2.05, 4.69) is 21.3 Å². The second-order valence-corrected chi connectivity index (χ2v) is 11.4. The average molecular weight is 619 g/mol. The van der Waals surface area contributed by atoms with Gasteiger partial charge in [0.1, 0.15) is 36.0 Å². The van der Waals surface area contributed by atoms with E-state index in [0.29, 0.717) is 6.42 Å². The van der Waals surface area contributed by atoms with Gasteiger partial charge in [-0.05, 0) is 66.3 Å². The Morgan fingerprint density at radius 2 is 1.64 bits per heavy atom. The first-order chi connectivity index (χ1) is 21.6. The normalized spacial score (nSPS) is 19.6. The molecule has 0 fully saturated rings. The molecule has 3 aromatic carbocycles. The molecule has 0 aliphatic carbocycles. The number of halogens is 1. The SMILES string of the molecule is CC(C)[C@@H]1COc2ccccc2C(=O)N[C@H](C(=O)NCCc2ccc(F)cc2)CCC(=O)N[C@@H](Cc2ccc(O)cc2)C(=O)N1. The molecule has 0 unspecified atom stereocenters. The van der Waals surface area contributed by atoms with Gasteiger partial charge in [0.15, 0.2) is 0 Å². The highest BCUT2D eigenvalue weighted by Crippen LogP contribution is 2.20. The lowest BCUT2D eigenvalue weighted by atomic mass is 10.0. The van der Waals surface area contributed by atoms with Gasteiger partial charge in [-0.1, -0.05) is 50.2 Å². The molecule has 45 heavy (non-hydrogen) atoms. The van der Waals surface area contributed by atoms with Crippen LogP contribution in [0.25, 0.3) is 0 Å². The summed E-state index contributed by atoms with van der Waals surface area (Å²) < 4.78 is 19.3. The molecule has 0 radical (unpaired) electrons. The lowest BCUT2D eigenvalue weighted by Crippen LogP contribution is -2.53. The smallest absolute Gasteiger partial charge is 0.255 e. The lowest BCUT2D eigenvalue weighted by molar-refractivity contribution is -0.130. The van der Waals surface area contributed by atoms with Crippen LogP contribution in [0.1, 0.15) is 48.2 Å². The summed E-state index contributed by atoms with van der Waals surface area (Å²) >= 11 is 0. The van der Waals surface area contributed by atoms with Crippen LogP contribution in [0.5, 0.6) is 11.5 Å². The van der Waals surface area contributed by atoms with Crippen molar-refractivity contribution in [3.63, 3.8) is 0 Å². The number of hydrogen-bond donors (Lipinski definition) is 5.